The standard InChI is InChI=1S/C19H16F3N3O2/c20-19(21,22)14-4-7-24-17(10-14)27-15-5-8-25(11-15)18(26)13-1-2-16-12(9-13)3-6-23-16/h1-4,6-7,9-10,15,23H,5,8,11H2/t15-/m0/s1. The van der Waals surface area contributed by atoms with Crippen LogP contribution in [-0.4, -0.2) is 40.0 Å². The molecule has 4 rings (SSSR count). The third-order valence-electron chi connectivity index (χ3n) is 4.58. The molecule has 3 aromatic rings. The molecular formula is C19H16F3N3O2. The highest BCUT2D eigenvalue weighted by molar-refractivity contribution is 5.98. The number of hydrogen-bond donors (Lipinski definition) is 1. The lowest BCUT2D eigenvalue weighted by Gasteiger charge is -2.17. The van der Waals surface area contributed by atoms with Crippen LogP contribution in [0.2, 0.25) is 0 Å². The number of rotatable bonds is 3. The molecule has 3 heterocycles. The first-order valence-electron chi connectivity index (χ1n) is 8.46. The highest BCUT2D eigenvalue weighted by atomic mass is 19.4. The Morgan fingerprint density at radius 2 is 2.07 bits per heavy atom. The van der Waals surface area contributed by atoms with Gasteiger partial charge < -0.3 is 14.6 Å². The first-order valence-corrected chi connectivity index (χ1v) is 8.46. The van der Waals surface area contributed by atoms with Gasteiger partial charge in [0.1, 0.15) is 6.10 Å². The molecule has 1 atom stereocenters. The number of likely N-dealkylation sites (tertiary alicyclic amines) is 1. The van der Waals surface area contributed by atoms with Crippen LogP contribution in [0.1, 0.15) is 22.3 Å². The molecule has 0 saturated carbocycles. The maximum atomic E-state index is 12.8. The third kappa shape index (κ3) is 3.60. The molecule has 1 aliphatic rings. The number of ether oxygens (including phenoxy) is 1. The molecule has 0 aliphatic carbocycles. The summed E-state index contributed by atoms with van der Waals surface area (Å²) in [6.45, 7) is 0.787. The average molecular weight is 375 g/mol. The van der Waals surface area contributed by atoms with Crippen molar-refractivity contribution in [2.75, 3.05) is 13.1 Å². The number of halogens is 3. The summed E-state index contributed by atoms with van der Waals surface area (Å²) in [4.78, 5) is 21.3. The lowest BCUT2D eigenvalue weighted by atomic mass is 10.1. The number of nitrogens with zero attached hydrogens (tertiary/aromatic N) is 2. The second-order valence-corrected chi connectivity index (χ2v) is 6.44. The molecule has 1 N–H and O–H groups in total. The summed E-state index contributed by atoms with van der Waals surface area (Å²) >= 11 is 0. The summed E-state index contributed by atoms with van der Waals surface area (Å²) in [6.07, 6.45) is -1.42. The zero-order chi connectivity index (χ0) is 19.0. The van der Waals surface area contributed by atoms with Crippen molar-refractivity contribution in [2.24, 2.45) is 0 Å². The fourth-order valence-corrected chi connectivity index (χ4v) is 3.20. The molecule has 0 unspecified atom stereocenters. The molecule has 0 bridgehead atoms. The molecule has 0 radical (unpaired) electrons. The van der Waals surface area contributed by atoms with Gasteiger partial charge in [0.25, 0.3) is 5.91 Å². The molecule has 2 aromatic heterocycles. The van der Waals surface area contributed by atoms with Gasteiger partial charge in [0.15, 0.2) is 0 Å². The number of nitrogens with one attached hydrogen (secondary N) is 1. The van der Waals surface area contributed by atoms with Crippen LogP contribution in [0.3, 0.4) is 0 Å². The SMILES string of the molecule is O=C(c1ccc2[nH]ccc2c1)N1CC[C@H](Oc2cc(C(F)(F)F)ccn2)C1. The Balaban J connectivity index is 1.43. The summed E-state index contributed by atoms with van der Waals surface area (Å²) < 4.78 is 43.9. The van der Waals surface area contributed by atoms with Crippen LogP contribution in [0.15, 0.2) is 48.8 Å². The van der Waals surface area contributed by atoms with Gasteiger partial charge in [-0.15, -0.1) is 0 Å². The van der Waals surface area contributed by atoms with Crippen LogP contribution in [-0.2, 0) is 6.18 Å². The maximum absolute atomic E-state index is 12.8. The van der Waals surface area contributed by atoms with Gasteiger partial charge in [-0.25, -0.2) is 4.98 Å². The van der Waals surface area contributed by atoms with E-state index >= 15 is 0 Å². The Kier molecular flexibility index (Phi) is 4.25. The van der Waals surface area contributed by atoms with Gasteiger partial charge in [0.2, 0.25) is 5.88 Å². The van der Waals surface area contributed by atoms with E-state index in [-0.39, 0.29) is 17.9 Å². The van der Waals surface area contributed by atoms with Crippen molar-refractivity contribution in [3.8, 4) is 5.88 Å². The quantitative estimate of drug-likeness (QED) is 0.756. The van der Waals surface area contributed by atoms with E-state index in [4.69, 9.17) is 4.74 Å². The first-order chi connectivity index (χ1) is 12.9. The Morgan fingerprint density at radius 3 is 2.89 bits per heavy atom. The Hall–Kier alpha value is -3.03. The highest BCUT2D eigenvalue weighted by Crippen LogP contribution is 2.31. The van der Waals surface area contributed by atoms with Crippen molar-refractivity contribution >= 4 is 16.8 Å². The smallest absolute Gasteiger partial charge is 0.416 e. The third-order valence-corrected chi connectivity index (χ3v) is 4.58. The topological polar surface area (TPSA) is 58.2 Å². The van der Waals surface area contributed by atoms with Crippen molar-refractivity contribution in [1.29, 1.82) is 0 Å². The minimum Gasteiger partial charge on any atom is -0.472 e. The van der Waals surface area contributed by atoms with Gasteiger partial charge in [0.05, 0.1) is 12.1 Å². The van der Waals surface area contributed by atoms with Crippen LogP contribution in [0.25, 0.3) is 10.9 Å². The van der Waals surface area contributed by atoms with Gasteiger partial charge in [-0.3, -0.25) is 4.79 Å². The van der Waals surface area contributed by atoms with Crippen molar-refractivity contribution in [1.82, 2.24) is 14.9 Å². The number of carbonyl (C=O) groups excluding carboxylic acids is 1. The summed E-state index contributed by atoms with van der Waals surface area (Å²) in [5, 5.41) is 0.945. The maximum Gasteiger partial charge on any atom is 0.416 e. The van der Waals surface area contributed by atoms with E-state index in [1.54, 1.807) is 17.2 Å². The molecule has 1 fully saturated rings. The summed E-state index contributed by atoms with van der Waals surface area (Å²) in [7, 11) is 0. The second kappa shape index (κ2) is 6.61. The number of fused-ring (bicyclic) bond motifs is 1. The van der Waals surface area contributed by atoms with Gasteiger partial charge in [-0.1, -0.05) is 0 Å². The predicted octanol–water partition coefficient (Wildman–Crippen LogP) is 3.88. The van der Waals surface area contributed by atoms with Gasteiger partial charge in [0, 0.05) is 47.9 Å². The molecular weight excluding hydrogens is 359 g/mol. The van der Waals surface area contributed by atoms with Crippen molar-refractivity contribution in [2.45, 2.75) is 18.7 Å². The van der Waals surface area contributed by atoms with Gasteiger partial charge >= 0.3 is 6.18 Å². The zero-order valence-corrected chi connectivity index (χ0v) is 14.2. The van der Waals surface area contributed by atoms with E-state index in [0.29, 0.717) is 25.1 Å². The van der Waals surface area contributed by atoms with Gasteiger partial charge in [-0.05, 0) is 30.3 Å². The number of pyridine rings is 1. The number of hydrogen-bond acceptors (Lipinski definition) is 3. The number of amides is 1. The van der Waals surface area contributed by atoms with Crippen LogP contribution < -0.4 is 4.74 Å². The van der Waals surface area contributed by atoms with E-state index in [0.717, 1.165) is 29.2 Å². The van der Waals surface area contributed by atoms with Crippen molar-refractivity contribution in [3.63, 3.8) is 0 Å². The Labute approximate surface area is 152 Å². The molecule has 1 aliphatic heterocycles. The predicted molar refractivity (Wildman–Crippen MR) is 92.5 cm³/mol. The zero-order valence-electron chi connectivity index (χ0n) is 14.2. The molecule has 140 valence electrons. The Morgan fingerprint density at radius 1 is 1.22 bits per heavy atom. The number of aromatic amines is 1. The summed E-state index contributed by atoms with van der Waals surface area (Å²) in [6, 6.07) is 9.08. The highest BCUT2D eigenvalue weighted by Gasteiger charge is 2.32. The lowest BCUT2D eigenvalue weighted by Crippen LogP contribution is -2.31. The monoisotopic (exact) mass is 375 g/mol. The molecule has 27 heavy (non-hydrogen) atoms. The van der Waals surface area contributed by atoms with E-state index in [1.807, 2.05) is 18.2 Å². The van der Waals surface area contributed by atoms with Crippen LogP contribution in [0.5, 0.6) is 5.88 Å². The average Bonchev–Trinajstić information content (AvgIpc) is 3.29. The van der Waals surface area contributed by atoms with E-state index < -0.39 is 11.7 Å². The largest absolute Gasteiger partial charge is 0.472 e. The number of aromatic nitrogens is 2. The molecule has 0 spiro atoms. The first kappa shape index (κ1) is 17.4. The van der Waals surface area contributed by atoms with E-state index in [9.17, 15) is 18.0 Å². The van der Waals surface area contributed by atoms with Crippen molar-refractivity contribution in [3.05, 3.63) is 59.9 Å². The number of H-pyrrole nitrogens is 1. The molecule has 8 heteroatoms. The molecule has 1 amide bonds. The molecule has 5 nitrogen and oxygen atoms in total. The minimum atomic E-state index is -4.45. The molecule has 1 aromatic carbocycles. The lowest BCUT2D eigenvalue weighted by molar-refractivity contribution is -0.137. The normalized spacial score (nSPS) is 17.4. The van der Waals surface area contributed by atoms with Crippen molar-refractivity contribution < 1.29 is 22.7 Å². The van der Waals surface area contributed by atoms with E-state index in [1.165, 1.54) is 0 Å². The van der Waals surface area contributed by atoms with E-state index in [2.05, 4.69) is 9.97 Å². The van der Waals surface area contributed by atoms with Crippen LogP contribution >= 0.6 is 0 Å². The second-order valence-electron chi connectivity index (χ2n) is 6.44. The fraction of sp³-hybridized carbons (Fsp3) is 0.263. The Bertz CT molecular complexity index is 983. The summed E-state index contributed by atoms with van der Waals surface area (Å²) in [5.41, 5.74) is 0.711. The number of carbonyl (C=O) groups is 1. The minimum absolute atomic E-state index is 0.0853. The molecule has 1 saturated heterocycles. The summed E-state index contributed by atoms with van der Waals surface area (Å²) in [5.74, 6) is -0.209. The van der Waals surface area contributed by atoms with Crippen LogP contribution in [0, 0.1) is 0 Å². The fourth-order valence-electron chi connectivity index (χ4n) is 3.20. The number of benzene rings is 1. The van der Waals surface area contributed by atoms with Crippen LogP contribution in [0.4, 0.5) is 13.2 Å². The number of alkyl halides is 3. The van der Waals surface area contributed by atoms with Gasteiger partial charge in [-0.2, -0.15) is 13.2 Å².